The quantitative estimate of drug-likeness (QED) is 0.794. The Labute approximate surface area is 80.2 Å². The molecule has 0 radical (unpaired) electrons. The highest BCUT2D eigenvalue weighted by atomic mass is 32.1. The van der Waals surface area contributed by atoms with Crippen LogP contribution in [0.5, 0.6) is 0 Å². The minimum absolute atomic E-state index is 0.839. The first-order valence-electron chi connectivity index (χ1n) is 3.98. The van der Waals surface area contributed by atoms with Gasteiger partial charge in [0, 0.05) is 29.9 Å². The molecule has 1 N–H and O–H groups in total. The molecule has 2 aromatic rings. The van der Waals surface area contributed by atoms with Gasteiger partial charge in [-0.2, -0.15) is 5.10 Å². The van der Waals surface area contributed by atoms with E-state index < -0.39 is 0 Å². The highest BCUT2D eigenvalue weighted by Crippen LogP contribution is 2.10. The molecule has 0 aliphatic rings. The van der Waals surface area contributed by atoms with Crippen LogP contribution in [0.2, 0.25) is 0 Å². The van der Waals surface area contributed by atoms with E-state index in [9.17, 15) is 0 Å². The van der Waals surface area contributed by atoms with E-state index in [0.29, 0.717) is 0 Å². The van der Waals surface area contributed by atoms with Crippen LogP contribution in [-0.2, 0) is 6.54 Å². The Bertz CT molecular complexity index is 365. The van der Waals surface area contributed by atoms with E-state index in [-0.39, 0.29) is 0 Å². The summed E-state index contributed by atoms with van der Waals surface area (Å²) >= 11 is 1.58. The maximum Gasteiger partial charge on any atom is 0.210 e. The Kier molecular flexibility index (Phi) is 2.37. The number of hydrogen-bond acceptors (Lipinski definition) is 4. The minimum Gasteiger partial charge on any atom is -0.316 e. The first-order valence-corrected chi connectivity index (χ1v) is 4.86. The second kappa shape index (κ2) is 3.68. The molecule has 0 spiro atoms. The van der Waals surface area contributed by atoms with Gasteiger partial charge in [0.15, 0.2) is 0 Å². The van der Waals surface area contributed by atoms with E-state index in [4.69, 9.17) is 0 Å². The number of rotatable bonds is 3. The van der Waals surface area contributed by atoms with Gasteiger partial charge < -0.3 is 5.32 Å². The van der Waals surface area contributed by atoms with Gasteiger partial charge >= 0.3 is 0 Å². The molecule has 0 saturated heterocycles. The fraction of sp³-hybridized carbons (Fsp3) is 0.250. The highest BCUT2D eigenvalue weighted by Gasteiger charge is 2.01. The first-order chi connectivity index (χ1) is 6.40. The van der Waals surface area contributed by atoms with Crippen molar-refractivity contribution in [2.75, 3.05) is 7.05 Å². The van der Waals surface area contributed by atoms with Crippen LogP contribution in [0.25, 0.3) is 5.13 Å². The topological polar surface area (TPSA) is 42.7 Å². The van der Waals surface area contributed by atoms with E-state index in [1.165, 1.54) is 0 Å². The van der Waals surface area contributed by atoms with Crippen LogP contribution >= 0.6 is 11.3 Å². The second-order valence-electron chi connectivity index (χ2n) is 2.64. The lowest BCUT2D eigenvalue weighted by molar-refractivity contribution is 0.816. The van der Waals surface area contributed by atoms with Gasteiger partial charge in [0.05, 0.1) is 6.20 Å². The molecule has 0 saturated carbocycles. The molecule has 2 heterocycles. The van der Waals surface area contributed by atoms with E-state index in [1.807, 2.05) is 24.8 Å². The van der Waals surface area contributed by atoms with Gasteiger partial charge in [0.2, 0.25) is 5.13 Å². The largest absolute Gasteiger partial charge is 0.316 e. The zero-order chi connectivity index (χ0) is 9.10. The molecular formula is C8H10N4S. The summed E-state index contributed by atoms with van der Waals surface area (Å²) in [4.78, 5) is 4.16. The summed E-state index contributed by atoms with van der Waals surface area (Å²) in [6.45, 7) is 0.839. The van der Waals surface area contributed by atoms with Crippen molar-refractivity contribution in [1.82, 2.24) is 20.1 Å². The molecule has 68 valence electrons. The lowest BCUT2D eigenvalue weighted by atomic mass is 10.4. The van der Waals surface area contributed by atoms with Crippen LogP contribution in [0, 0.1) is 0 Å². The molecule has 5 heteroatoms. The average molecular weight is 194 g/mol. The molecule has 0 fully saturated rings. The molecule has 2 aromatic heterocycles. The van der Waals surface area contributed by atoms with Crippen LogP contribution < -0.4 is 5.32 Å². The summed E-state index contributed by atoms with van der Waals surface area (Å²) < 4.78 is 1.79. The van der Waals surface area contributed by atoms with Gasteiger partial charge in [0.1, 0.15) is 0 Å². The summed E-state index contributed by atoms with van der Waals surface area (Å²) in [6, 6.07) is 0. The monoisotopic (exact) mass is 194 g/mol. The molecule has 0 aliphatic heterocycles. The number of aromatic nitrogens is 3. The van der Waals surface area contributed by atoms with E-state index >= 15 is 0 Å². The van der Waals surface area contributed by atoms with Crippen molar-refractivity contribution in [3.8, 4) is 5.13 Å². The molecule has 0 aliphatic carbocycles. The molecule has 13 heavy (non-hydrogen) atoms. The number of thiazole rings is 1. The molecule has 0 aromatic carbocycles. The fourth-order valence-electron chi connectivity index (χ4n) is 1.09. The van der Waals surface area contributed by atoms with Crippen LogP contribution in [0.15, 0.2) is 24.0 Å². The van der Waals surface area contributed by atoms with Crippen molar-refractivity contribution in [3.05, 3.63) is 29.5 Å². The van der Waals surface area contributed by atoms with Gasteiger partial charge in [-0.05, 0) is 7.05 Å². The molecule has 4 nitrogen and oxygen atoms in total. The van der Waals surface area contributed by atoms with Gasteiger partial charge in [-0.25, -0.2) is 9.67 Å². The lowest BCUT2D eigenvalue weighted by Gasteiger charge is -1.92. The van der Waals surface area contributed by atoms with Gasteiger partial charge in [-0.3, -0.25) is 0 Å². The van der Waals surface area contributed by atoms with Crippen LogP contribution in [0.1, 0.15) is 5.56 Å². The van der Waals surface area contributed by atoms with Gasteiger partial charge in [-0.15, -0.1) is 11.3 Å². The van der Waals surface area contributed by atoms with E-state index in [2.05, 4.69) is 15.4 Å². The predicted octanol–water partition coefficient (Wildman–Crippen LogP) is 1.05. The first kappa shape index (κ1) is 8.40. The average Bonchev–Trinajstić information content (AvgIpc) is 2.70. The summed E-state index contributed by atoms with van der Waals surface area (Å²) in [5.41, 5.74) is 1.16. The lowest BCUT2D eigenvalue weighted by Crippen LogP contribution is -2.03. The Balaban J connectivity index is 2.23. The van der Waals surface area contributed by atoms with Crippen LogP contribution in [0.3, 0.4) is 0 Å². The number of nitrogens with one attached hydrogen (secondary N) is 1. The molecule has 0 amide bonds. The summed E-state index contributed by atoms with van der Waals surface area (Å²) in [5, 5.41) is 10.1. The molecular weight excluding hydrogens is 184 g/mol. The van der Waals surface area contributed by atoms with Crippen LogP contribution in [0.4, 0.5) is 0 Å². The van der Waals surface area contributed by atoms with Gasteiger partial charge in [-0.1, -0.05) is 0 Å². The van der Waals surface area contributed by atoms with Crippen molar-refractivity contribution < 1.29 is 0 Å². The Morgan fingerprint density at radius 2 is 2.54 bits per heavy atom. The molecule has 0 bridgehead atoms. The van der Waals surface area contributed by atoms with Crippen molar-refractivity contribution in [2.24, 2.45) is 0 Å². The molecule has 0 unspecified atom stereocenters. The summed E-state index contributed by atoms with van der Waals surface area (Å²) in [5.74, 6) is 0. The Morgan fingerprint density at radius 3 is 3.23 bits per heavy atom. The predicted molar refractivity (Wildman–Crippen MR) is 52.0 cm³/mol. The van der Waals surface area contributed by atoms with Crippen molar-refractivity contribution in [1.29, 1.82) is 0 Å². The third-order valence-corrected chi connectivity index (χ3v) is 2.39. The highest BCUT2D eigenvalue weighted by molar-refractivity contribution is 7.12. The maximum atomic E-state index is 4.20. The standard InChI is InChI=1S/C8H10N4S/c1-9-4-7-5-11-12(6-7)8-10-2-3-13-8/h2-3,5-6,9H,4H2,1H3. The smallest absolute Gasteiger partial charge is 0.210 e. The third kappa shape index (κ3) is 1.76. The van der Waals surface area contributed by atoms with Crippen LogP contribution in [-0.4, -0.2) is 21.8 Å². The van der Waals surface area contributed by atoms with E-state index in [1.54, 1.807) is 22.2 Å². The Morgan fingerprint density at radius 1 is 1.62 bits per heavy atom. The summed E-state index contributed by atoms with van der Waals surface area (Å²) in [6.07, 6.45) is 5.60. The van der Waals surface area contributed by atoms with Crippen molar-refractivity contribution in [2.45, 2.75) is 6.54 Å². The third-order valence-electron chi connectivity index (χ3n) is 1.63. The van der Waals surface area contributed by atoms with Gasteiger partial charge in [0.25, 0.3) is 0 Å². The zero-order valence-corrected chi connectivity index (χ0v) is 8.08. The number of nitrogens with zero attached hydrogens (tertiary/aromatic N) is 3. The second-order valence-corrected chi connectivity index (χ2v) is 3.51. The molecule has 2 rings (SSSR count). The minimum atomic E-state index is 0.839. The fourth-order valence-corrected chi connectivity index (χ4v) is 1.66. The normalized spacial score (nSPS) is 10.5. The molecule has 0 atom stereocenters. The van der Waals surface area contributed by atoms with Crippen molar-refractivity contribution in [3.63, 3.8) is 0 Å². The number of hydrogen-bond donors (Lipinski definition) is 1. The van der Waals surface area contributed by atoms with Crippen molar-refractivity contribution >= 4 is 11.3 Å². The zero-order valence-electron chi connectivity index (χ0n) is 7.27. The van der Waals surface area contributed by atoms with E-state index in [0.717, 1.165) is 17.2 Å². The summed E-state index contributed by atoms with van der Waals surface area (Å²) in [7, 11) is 1.92. The maximum absolute atomic E-state index is 4.20. The Hall–Kier alpha value is -1.20. The SMILES string of the molecule is CNCc1cnn(-c2nccs2)c1.